The van der Waals surface area contributed by atoms with Gasteiger partial charge in [-0.1, -0.05) is 6.07 Å². The summed E-state index contributed by atoms with van der Waals surface area (Å²) in [7, 11) is 0. The number of hydrogen-bond acceptors (Lipinski definition) is 5. The van der Waals surface area contributed by atoms with Crippen LogP contribution in [0.5, 0.6) is 11.5 Å². The highest BCUT2D eigenvalue weighted by Gasteiger charge is 2.17. The molecule has 1 aliphatic heterocycles. The Morgan fingerprint density at radius 2 is 2.16 bits per heavy atom. The lowest BCUT2D eigenvalue weighted by atomic mass is 10.2. The number of carbonyl (C=O) groups is 1. The minimum Gasteiger partial charge on any atom is -0.454 e. The number of ether oxygens (including phenoxy) is 2. The molecule has 0 unspecified atom stereocenters. The summed E-state index contributed by atoms with van der Waals surface area (Å²) in [6.07, 6.45) is 3.34. The van der Waals surface area contributed by atoms with Gasteiger partial charge in [0, 0.05) is 16.2 Å². The second-order valence-electron chi connectivity index (χ2n) is 5.40. The maximum Gasteiger partial charge on any atom is 0.290 e. The number of benzene rings is 1. The van der Waals surface area contributed by atoms with Crippen LogP contribution in [-0.2, 0) is 0 Å². The number of nitrogens with zero attached hydrogens (tertiary/aromatic N) is 3. The molecule has 4 rings (SSSR count). The fourth-order valence-electron chi connectivity index (χ4n) is 2.63. The van der Waals surface area contributed by atoms with Crippen LogP contribution in [0.3, 0.4) is 0 Å². The summed E-state index contributed by atoms with van der Waals surface area (Å²) >= 11 is 3.45. The van der Waals surface area contributed by atoms with Gasteiger partial charge < -0.3 is 9.47 Å². The average molecular weight is 401 g/mol. The van der Waals surface area contributed by atoms with E-state index in [1.165, 1.54) is 0 Å². The molecule has 1 aromatic carbocycles. The Balaban J connectivity index is 1.56. The molecule has 0 spiro atoms. The van der Waals surface area contributed by atoms with Crippen LogP contribution in [0.2, 0.25) is 0 Å². The van der Waals surface area contributed by atoms with E-state index in [-0.39, 0.29) is 12.7 Å². The first-order valence-electron chi connectivity index (χ1n) is 7.50. The van der Waals surface area contributed by atoms with Crippen LogP contribution in [-0.4, -0.2) is 28.3 Å². The Morgan fingerprint density at radius 1 is 1.36 bits per heavy atom. The van der Waals surface area contributed by atoms with Crippen LogP contribution in [0.15, 0.2) is 46.1 Å². The standard InChI is InChI=1S/C17H13BrN4O3/c1-10-16(22-5-3-2-4-15(22)20-10)17(23)21-19-8-11-6-13-14(7-12(11)18)25-9-24-13/h2-8H,9H2,1H3,(H,21,23)/b19-8+. The minimum atomic E-state index is -0.329. The summed E-state index contributed by atoms with van der Waals surface area (Å²) in [5, 5.41) is 4.04. The summed E-state index contributed by atoms with van der Waals surface area (Å²) in [6.45, 7) is 1.99. The maximum absolute atomic E-state index is 12.5. The molecule has 0 saturated carbocycles. The van der Waals surface area contributed by atoms with E-state index in [4.69, 9.17) is 9.47 Å². The van der Waals surface area contributed by atoms with E-state index in [2.05, 4.69) is 31.4 Å². The van der Waals surface area contributed by atoms with Gasteiger partial charge in [-0.05, 0) is 47.1 Å². The minimum absolute atomic E-state index is 0.201. The van der Waals surface area contributed by atoms with Crippen LogP contribution >= 0.6 is 15.9 Å². The van der Waals surface area contributed by atoms with E-state index in [0.717, 1.165) is 10.0 Å². The van der Waals surface area contributed by atoms with Gasteiger partial charge in [-0.25, -0.2) is 10.4 Å². The Morgan fingerprint density at radius 3 is 3.00 bits per heavy atom. The molecule has 25 heavy (non-hydrogen) atoms. The number of pyridine rings is 1. The summed E-state index contributed by atoms with van der Waals surface area (Å²) in [4.78, 5) is 16.8. The highest BCUT2D eigenvalue weighted by atomic mass is 79.9. The first-order chi connectivity index (χ1) is 12.1. The highest BCUT2D eigenvalue weighted by Crippen LogP contribution is 2.36. The highest BCUT2D eigenvalue weighted by molar-refractivity contribution is 9.10. The summed E-state index contributed by atoms with van der Waals surface area (Å²) in [5.41, 5.74) is 5.11. The van der Waals surface area contributed by atoms with Crippen molar-refractivity contribution in [3.63, 3.8) is 0 Å². The fourth-order valence-corrected chi connectivity index (χ4v) is 3.06. The van der Waals surface area contributed by atoms with E-state index in [1.807, 2.05) is 18.2 Å². The molecule has 0 saturated heterocycles. The van der Waals surface area contributed by atoms with Crippen LogP contribution in [0.1, 0.15) is 21.7 Å². The predicted molar refractivity (Wildman–Crippen MR) is 95.3 cm³/mol. The number of fused-ring (bicyclic) bond motifs is 2. The SMILES string of the molecule is Cc1nc2ccccn2c1C(=O)N/N=C/c1cc2c(cc1Br)OCO2. The maximum atomic E-state index is 12.5. The van der Waals surface area contributed by atoms with Crippen molar-refractivity contribution in [3.8, 4) is 11.5 Å². The number of amides is 1. The van der Waals surface area contributed by atoms with E-state index in [0.29, 0.717) is 28.5 Å². The third-order valence-electron chi connectivity index (χ3n) is 3.78. The van der Waals surface area contributed by atoms with Crippen molar-refractivity contribution >= 4 is 33.7 Å². The lowest BCUT2D eigenvalue weighted by Gasteiger charge is -2.03. The average Bonchev–Trinajstić information content (AvgIpc) is 3.17. The smallest absolute Gasteiger partial charge is 0.290 e. The predicted octanol–water partition coefficient (Wildman–Crippen LogP) is 2.90. The van der Waals surface area contributed by atoms with Crippen molar-refractivity contribution in [2.75, 3.05) is 6.79 Å². The molecule has 3 heterocycles. The number of hydrogen-bond donors (Lipinski definition) is 1. The Hall–Kier alpha value is -2.87. The van der Waals surface area contributed by atoms with Gasteiger partial charge in [0.1, 0.15) is 11.3 Å². The number of halogens is 1. The summed E-state index contributed by atoms with van der Waals surface area (Å²) in [5.74, 6) is 0.993. The topological polar surface area (TPSA) is 77.2 Å². The number of imidazole rings is 1. The number of nitrogens with one attached hydrogen (secondary N) is 1. The van der Waals surface area contributed by atoms with Crippen LogP contribution in [0.25, 0.3) is 5.65 Å². The molecule has 1 amide bonds. The number of aryl methyl sites for hydroxylation is 1. The summed E-state index contributed by atoms with van der Waals surface area (Å²) in [6, 6.07) is 9.16. The van der Waals surface area contributed by atoms with Crippen molar-refractivity contribution in [2.45, 2.75) is 6.92 Å². The van der Waals surface area contributed by atoms with Gasteiger partial charge in [-0.15, -0.1) is 0 Å². The lowest BCUT2D eigenvalue weighted by Crippen LogP contribution is -2.20. The molecular formula is C17H13BrN4O3. The lowest BCUT2D eigenvalue weighted by molar-refractivity contribution is 0.0948. The van der Waals surface area contributed by atoms with Crippen LogP contribution in [0.4, 0.5) is 0 Å². The molecule has 0 radical (unpaired) electrons. The van der Waals surface area contributed by atoms with Gasteiger partial charge in [0.05, 0.1) is 11.9 Å². The zero-order valence-corrected chi connectivity index (χ0v) is 14.8. The molecule has 0 atom stereocenters. The second-order valence-corrected chi connectivity index (χ2v) is 6.26. The molecule has 7 nitrogen and oxygen atoms in total. The van der Waals surface area contributed by atoms with Crippen molar-refractivity contribution in [1.29, 1.82) is 0 Å². The third kappa shape index (κ3) is 2.85. The van der Waals surface area contributed by atoms with Gasteiger partial charge in [-0.3, -0.25) is 9.20 Å². The Bertz CT molecular complexity index is 1010. The molecule has 0 bridgehead atoms. The van der Waals surface area contributed by atoms with Gasteiger partial charge >= 0.3 is 0 Å². The molecule has 1 N–H and O–H groups in total. The fraction of sp³-hybridized carbons (Fsp3) is 0.118. The molecule has 2 aromatic heterocycles. The van der Waals surface area contributed by atoms with Crippen molar-refractivity contribution in [2.24, 2.45) is 5.10 Å². The molecule has 3 aromatic rings. The molecule has 1 aliphatic rings. The van der Waals surface area contributed by atoms with E-state index in [1.54, 1.807) is 35.9 Å². The third-order valence-corrected chi connectivity index (χ3v) is 4.47. The van der Waals surface area contributed by atoms with Crippen molar-refractivity contribution < 1.29 is 14.3 Å². The molecule has 0 fully saturated rings. The monoisotopic (exact) mass is 400 g/mol. The quantitative estimate of drug-likeness (QED) is 0.541. The van der Waals surface area contributed by atoms with Crippen LogP contribution < -0.4 is 14.9 Å². The summed E-state index contributed by atoms with van der Waals surface area (Å²) < 4.78 is 13.2. The van der Waals surface area contributed by atoms with E-state index < -0.39 is 0 Å². The van der Waals surface area contributed by atoms with Gasteiger partial charge in [-0.2, -0.15) is 5.10 Å². The Labute approximate surface area is 151 Å². The zero-order chi connectivity index (χ0) is 17.4. The molecule has 126 valence electrons. The molecule has 0 aliphatic carbocycles. The number of aromatic nitrogens is 2. The number of hydrazone groups is 1. The largest absolute Gasteiger partial charge is 0.454 e. The van der Waals surface area contributed by atoms with Gasteiger partial charge in [0.15, 0.2) is 11.5 Å². The van der Waals surface area contributed by atoms with E-state index in [9.17, 15) is 4.79 Å². The number of carbonyl (C=O) groups excluding carboxylic acids is 1. The van der Waals surface area contributed by atoms with Crippen LogP contribution in [0, 0.1) is 6.92 Å². The molecule has 8 heteroatoms. The van der Waals surface area contributed by atoms with Crippen molar-refractivity contribution in [3.05, 3.63) is 58.0 Å². The second kappa shape index (κ2) is 6.21. The first kappa shape index (κ1) is 15.6. The first-order valence-corrected chi connectivity index (χ1v) is 8.29. The van der Waals surface area contributed by atoms with Gasteiger partial charge in [0.2, 0.25) is 6.79 Å². The zero-order valence-electron chi connectivity index (χ0n) is 13.2. The molecular weight excluding hydrogens is 388 g/mol. The Kier molecular flexibility index (Phi) is 3.89. The van der Waals surface area contributed by atoms with Crippen molar-refractivity contribution in [1.82, 2.24) is 14.8 Å². The van der Waals surface area contributed by atoms with E-state index >= 15 is 0 Å². The van der Waals surface area contributed by atoms with Gasteiger partial charge in [0.25, 0.3) is 5.91 Å². The normalized spacial score (nSPS) is 12.9. The number of rotatable bonds is 3.